The van der Waals surface area contributed by atoms with Gasteiger partial charge in [0.1, 0.15) is 0 Å². The van der Waals surface area contributed by atoms with E-state index in [0.717, 1.165) is 6.07 Å². The molecule has 0 heterocycles. The molecule has 0 spiro atoms. The normalized spacial score (nSPS) is 11.8. The van der Waals surface area contributed by atoms with Crippen LogP contribution in [0.4, 0.5) is 5.69 Å². The molecule has 1 amide bonds. The van der Waals surface area contributed by atoms with Gasteiger partial charge in [-0.1, -0.05) is 11.6 Å². The van der Waals surface area contributed by atoms with Gasteiger partial charge in [-0.15, -0.1) is 0 Å². The number of benzene rings is 1. The SMILES string of the molecule is COCC(Oc1c(Br)cc(Cl)cc1[N+](=O)[O-])C(=O)NN. The molecule has 1 aromatic carbocycles. The Labute approximate surface area is 127 Å². The summed E-state index contributed by atoms with van der Waals surface area (Å²) in [4.78, 5) is 21.8. The van der Waals surface area contributed by atoms with Gasteiger partial charge >= 0.3 is 5.69 Å². The molecule has 0 radical (unpaired) electrons. The van der Waals surface area contributed by atoms with Crippen molar-refractivity contribution in [1.82, 2.24) is 5.43 Å². The number of nitrogens with two attached hydrogens (primary N) is 1. The van der Waals surface area contributed by atoms with Crippen LogP contribution in [0.2, 0.25) is 5.02 Å². The fraction of sp³-hybridized carbons (Fsp3) is 0.300. The van der Waals surface area contributed by atoms with Crippen molar-refractivity contribution in [2.45, 2.75) is 6.10 Å². The Hall–Kier alpha value is -1.42. The van der Waals surface area contributed by atoms with Crippen LogP contribution < -0.4 is 16.0 Å². The molecular weight excluding hydrogens is 357 g/mol. The smallest absolute Gasteiger partial charge is 0.313 e. The Morgan fingerprint density at radius 2 is 2.30 bits per heavy atom. The Bertz CT molecular complexity index is 528. The zero-order valence-electron chi connectivity index (χ0n) is 10.3. The van der Waals surface area contributed by atoms with Gasteiger partial charge in [-0.25, -0.2) is 5.84 Å². The number of halogens is 2. The van der Waals surface area contributed by atoms with E-state index >= 15 is 0 Å². The van der Waals surface area contributed by atoms with E-state index in [-0.39, 0.29) is 27.5 Å². The van der Waals surface area contributed by atoms with Gasteiger partial charge < -0.3 is 9.47 Å². The van der Waals surface area contributed by atoms with Crippen molar-refractivity contribution in [1.29, 1.82) is 0 Å². The van der Waals surface area contributed by atoms with Gasteiger partial charge in [0.2, 0.25) is 11.9 Å². The van der Waals surface area contributed by atoms with Gasteiger partial charge in [0, 0.05) is 18.2 Å². The summed E-state index contributed by atoms with van der Waals surface area (Å²) in [6.07, 6.45) is -1.14. The lowest BCUT2D eigenvalue weighted by atomic mass is 10.3. The maximum atomic E-state index is 11.5. The van der Waals surface area contributed by atoms with Crippen LogP contribution in [-0.4, -0.2) is 30.7 Å². The number of nitro benzene ring substituents is 1. The number of rotatable bonds is 6. The largest absolute Gasteiger partial charge is 0.470 e. The molecule has 1 atom stereocenters. The predicted octanol–water partition coefficient (Wildman–Crippen LogP) is 1.39. The molecule has 0 saturated heterocycles. The molecule has 10 heteroatoms. The van der Waals surface area contributed by atoms with Crippen LogP contribution in [0, 0.1) is 10.1 Å². The van der Waals surface area contributed by atoms with Gasteiger partial charge in [-0.05, 0) is 22.0 Å². The predicted molar refractivity (Wildman–Crippen MR) is 74.4 cm³/mol. The van der Waals surface area contributed by atoms with Crippen LogP contribution in [0.3, 0.4) is 0 Å². The summed E-state index contributed by atoms with van der Waals surface area (Å²) < 4.78 is 10.4. The summed E-state index contributed by atoms with van der Waals surface area (Å²) in [7, 11) is 1.35. The van der Waals surface area contributed by atoms with E-state index in [1.165, 1.54) is 13.2 Å². The standard InChI is InChI=1S/C10H11BrClN3O5/c1-19-4-8(10(16)14-13)20-9-6(11)2-5(12)3-7(9)15(17)18/h2-3,8H,4,13H2,1H3,(H,14,16). The summed E-state index contributed by atoms with van der Waals surface area (Å²) in [5.41, 5.74) is 1.52. The highest BCUT2D eigenvalue weighted by atomic mass is 79.9. The summed E-state index contributed by atoms with van der Waals surface area (Å²) >= 11 is 8.84. The first-order valence-corrected chi connectivity index (χ1v) is 6.37. The van der Waals surface area contributed by atoms with E-state index in [9.17, 15) is 14.9 Å². The van der Waals surface area contributed by atoms with Crippen LogP contribution in [0.5, 0.6) is 5.75 Å². The van der Waals surface area contributed by atoms with E-state index in [4.69, 9.17) is 26.9 Å². The minimum atomic E-state index is -1.14. The number of nitrogens with one attached hydrogen (secondary N) is 1. The maximum Gasteiger partial charge on any atom is 0.313 e. The fourth-order valence-corrected chi connectivity index (χ4v) is 2.24. The van der Waals surface area contributed by atoms with Crippen LogP contribution in [-0.2, 0) is 9.53 Å². The lowest BCUT2D eigenvalue weighted by molar-refractivity contribution is -0.386. The van der Waals surface area contributed by atoms with Gasteiger partial charge in [0.05, 0.1) is 16.0 Å². The Morgan fingerprint density at radius 1 is 1.65 bits per heavy atom. The summed E-state index contributed by atoms with van der Waals surface area (Å²) in [5, 5.41) is 11.1. The lowest BCUT2D eigenvalue weighted by Gasteiger charge is -2.17. The summed E-state index contributed by atoms with van der Waals surface area (Å²) in [5.74, 6) is 4.20. The molecule has 0 saturated carbocycles. The highest BCUT2D eigenvalue weighted by Gasteiger charge is 2.27. The first kappa shape index (κ1) is 16.6. The average molecular weight is 369 g/mol. The van der Waals surface area contributed by atoms with E-state index < -0.39 is 16.9 Å². The number of carbonyl (C=O) groups is 1. The molecule has 0 aliphatic heterocycles. The zero-order valence-corrected chi connectivity index (χ0v) is 12.6. The maximum absolute atomic E-state index is 11.5. The number of nitrogens with zero attached hydrogens (tertiary/aromatic N) is 1. The van der Waals surface area contributed by atoms with E-state index in [1.54, 1.807) is 0 Å². The van der Waals surface area contributed by atoms with Crippen molar-refractivity contribution >= 4 is 39.1 Å². The molecule has 1 unspecified atom stereocenters. The highest BCUT2D eigenvalue weighted by Crippen LogP contribution is 2.38. The minimum Gasteiger partial charge on any atom is -0.470 e. The number of hydrogen-bond donors (Lipinski definition) is 2. The average Bonchev–Trinajstić information content (AvgIpc) is 2.39. The molecule has 110 valence electrons. The Kier molecular flexibility index (Phi) is 6.14. The molecule has 0 aliphatic rings. The number of hydrogen-bond acceptors (Lipinski definition) is 6. The number of nitro groups is 1. The molecule has 3 N–H and O–H groups in total. The van der Waals surface area contributed by atoms with Crippen molar-refractivity contribution in [3.05, 3.63) is 31.7 Å². The monoisotopic (exact) mass is 367 g/mol. The third-order valence-corrected chi connectivity index (χ3v) is 3.01. The topological polar surface area (TPSA) is 117 Å². The first-order chi connectivity index (χ1) is 9.40. The number of hydrazine groups is 1. The fourth-order valence-electron chi connectivity index (χ4n) is 1.35. The molecule has 0 bridgehead atoms. The van der Waals surface area contributed by atoms with Crippen molar-refractivity contribution in [2.24, 2.45) is 5.84 Å². The van der Waals surface area contributed by atoms with E-state index in [2.05, 4.69) is 15.9 Å². The molecule has 1 rings (SSSR count). The Morgan fingerprint density at radius 3 is 2.80 bits per heavy atom. The summed E-state index contributed by atoms with van der Waals surface area (Å²) in [6.45, 7) is -0.130. The van der Waals surface area contributed by atoms with Gasteiger partial charge in [-0.3, -0.25) is 20.3 Å². The molecule has 20 heavy (non-hydrogen) atoms. The summed E-state index contributed by atoms with van der Waals surface area (Å²) in [6, 6.07) is 2.53. The van der Waals surface area contributed by atoms with Crippen LogP contribution in [0.1, 0.15) is 0 Å². The van der Waals surface area contributed by atoms with E-state index in [1.807, 2.05) is 5.43 Å². The number of amides is 1. The number of carbonyl (C=O) groups excluding carboxylic acids is 1. The second-order valence-corrected chi connectivity index (χ2v) is 4.85. The molecule has 0 aromatic heterocycles. The third-order valence-electron chi connectivity index (χ3n) is 2.20. The van der Waals surface area contributed by atoms with Crippen molar-refractivity contribution in [2.75, 3.05) is 13.7 Å². The quantitative estimate of drug-likeness (QED) is 0.339. The molecule has 1 aromatic rings. The lowest BCUT2D eigenvalue weighted by Crippen LogP contribution is -2.44. The number of ether oxygens (including phenoxy) is 2. The zero-order chi connectivity index (χ0) is 15.3. The Balaban J connectivity index is 3.17. The van der Waals surface area contributed by atoms with Crippen molar-refractivity contribution in [3.8, 4) is 5.75 Å². The highest BCUT2D eigenvalue weighted by molar-refractivity contribution is 9.10. The van der Waals surface area contributed by atoms with Gasteiger partial charge in [0.25, 0.3) is 5.91 Å². The second kappa shape index (κ2) is 7.39. The number of methoxy groups -OCH3 is 1. The van der Waals surface area contributed by atoms with Gasteiger partial charge in [-0.2, -0.15) is 0 Å². The van der Waals surface area contributed by atoms with Crippen LogP contribution >= 0.6 is 27.5 Å². The van der Waals surface area contributed by atoms with Gasteiger partial charge in [0.15, 0.2) is 0 Å². The van der Waals surface area contributed by atoms with E-state index in [0.29, 0.717) is 0 Å². The first-order valence-electron chi connectivity index (χ1n) is 5.20. The second-order valence-electron chi connectivity index (χ2n) is 3.56. The molecule has 8 nitrogen and oxygen atoms in total. The molecule has 0 aliphatic carbocycles. The van der Waals surface area contributed by atoms with Crippen LogP contribution in [0.15, 0.2) is 16.6 Å². The molecule has 0 fully saturated rings. The molecular formula is C10H11BrClN3O5. The minimum absolute atomic E-state index is 0.130. The van der Waals surface area contributed by atoms with Crippen molar-refractivity contribution < 1.29 is 19.2 Å². The third kappa shape index (κ3) is 4.04. The van der Waals surface area contributed by atoms with Crippen LogP contribution in [0.25, 0.3) is 0 Å². The van der Waals surface area contributed by atoms with Crippen molar-refractivity contribution in [3.63, 3.8) is 0 Å².